The number of rotatable bonds is 2. The van der Waals surface area contributed by atoms with Gasteiger partial charge in [0.15, 0.2) is 5.78 Å². The van der Waals surface area contributed by atoms with Crippen LogP contribution in [0.3, 0.4) is 0 Å². The van der Waals surface area contributed by atoms with Gasteiger partial charge < -0.3 is 4.74 Å². The molecule has 0 saturated heterocycles. The summed E-state index contributed by atoms with van der Waals surface area (Å²) in [5.74, 6) is -0.684. The van der Waals surface area contributed by atoms with Gasteiger partial charge in [-0.25, -0.2) is 0 Å². The number of carbonyl (C=O) groups is 2. The highest BCUT2D eigenvalue weighted by Crippen LogP contribution is 2.49. The van der Waals surface area contributed by atoms with Crippen molar-refractivity contribution in [2.75, 3.05) is 7.11 Å². The average Bonchev–Trinajstić information content (AvgIpc) is 2.83. The number of fused-ring (bicyclic) bond motifs is 2. The van der Waals surface area contributed by atoms with E-state index in [4.69, 9.17) is 16.3 Å². The first-order chi connectivity index (χ1) is 13.0. The maximum Gasteiger partial charge on any atom is 0.321 e. The minimum Gasteiger partial charge on any atom is -0.468 e. The predicted octanol–water partition coefficient (Wildman–Crippen LogP) is 5.18. The number of hydrogen-bond acceptors (Lipinski definition) is 3. The number of ether oxygens (including phenoxy) is 1. The largest absolute Gasteiger partial charge is 0.468 e. The quantitative estimate of drug-likeness (QED) is 0.391. The van der Waals surface area contributed by atoms with Crippen LogP contribution in [-0.2, 0) is 25.2 Å². The Labute approximate surface area is 172 Å². The van der Waals surface area contributed by atoms with Crippen LogP contribution in [0.5, 0.6) is 0 Å². The predicted molar refractivity (Wildman–Crippen MR) is 113 cm³/mol. The lowest BCUT2D eigenvalue weighted by Crippen LogP contribution is -2.43. The van der Waals surface area contributed by atoms with Gasteiger partial charge in [0.2, 0.25) is 0 Å². The molecule has 3 rings (SSSR count). The van der Waals surface area contributed by atoms with Crippen LogP contribution in [0.25, 0.3) is 0 Å². The molecule has 3 nitrogen and oxygen atoms in total. The number of benzene rings is 1. The van der Waals surface area contributed by atoms with Gasteiger partial charge in [-0.05, 0) is 35.8 Å². The summed E-state index contributed by atoms with van der Waals surface area (Å²) in [6.07, 6.45) is 6.46. The molecule has 0 N–H and O–H groups in total. The Morgan fingerprint density at radius 2 is 1.82 bits per heavy atom. The molecule has 1 saturated carbocycles. The minimum atomic E-state index is -1.25. The molecule has 0 radical (unpaired) electrons. The van der Waals surface area contributed by atoms with Gasteiger partial charge in [-0.1, -0.05) is 75.4 Å². The lowest BCUT2D eigenvalue weighted by atomic mass is 9.69. The lowest BCUT2D eigenvalue weighted by Gasteiger charge is -2.33. The van der Waals surface area contributed by atoms with Crippen LogP contribution in [0.15, 0.2) is 60.2 Å². The van der Waals surface area contributed by atoms with E-state index >= 15 is 0 Å². The van der Waals surface area contributed by atoms with E-state index < -0.39 is 16.3 Å². The van der Waals surface area contributed by atoms with Gasteiger partial charge in [0.05, 0.1) is 7.11 Å². The summed E-state index contributed by atoms with van der Waals surface area (Å²) < 4.78 is 5.22. The minimum absolute atomic E-state index is 0.0184. The fraction of sp³-hybridized carbons (Fsp3) is 0.417. The Morgan fingerprint density at radius 3 is 2.39 bits per heavy atom. The van der Waals surface area contributed by atoms with Gasteiger partial charge in [0, 0.05) is 5.57 Å². The molecule has 1 aromatic rings. The van der Waals surface area contributed by atoms with Crippen LogP contribution < -0.4 is 0 Å². The highest BCUT2D eigenvalue weighted by molar-refractivity contribution is 6.39. The third-order valence-electron chi connectivity index (χ3n) is 5.77. The Balaban J connectivity index is 2.27. The maximum atomic E-state index is 13.5. The molecule has 2 aliphatic rings. The van der Waals surface area contributed by atoms with Crippen molar-refractivity contribution in [3.05, 3.63) is 71.3 Å². The summed E-state index contributed by atoms with van der Waals surface area (Å²) >= 11 is 6.75. The fourth-order valence-electron chi connectivity index (χ4n) is 4.23. The molecule has 148 valence electrons. The number of allylic oxidation sites excluding steroid dienone is 4. The number of esters is 1. The Hall–Kier alpha value is -2.13. The second kappa shape index (κ2) is 7.04. The maximum absolute atomic E-state index is 13.5. The smallest absolute Gasteiger partial charge is 0.321 e. The zero-order valence-corrected chi connectivity index (χ0v) is 17.7. The molecule has 4 heteroatoms. The van der Waals surface area contributed by atoms with Crippen molar-refractivity contribution in [3.8, 4) is 0 Å². The molecular weight excluding hydrogens is 372 g/mol. The number of Topliss-reactive ketones (excluding diaryl/α,β-unsaturated/α-hetero) is 1. The Bertz CT molecular complexity index is 885. The highest BCUT2D eigenvalue weighted by Gasteiger charge is 2.55. The van der Waals surface area contributed by atoms with Gasteiger partial charge in [-0.3, -0.25) is 9.59 Å². The monoisotopic (exact) mass is 398 g/mol. The normalized spacial score (nSPS) is 27.7. The first-order valence-electron chi connectivity index (χ1n) is 9.52. The lowest BCUT2D eigenvalue weighted by molar-refractivity contribution is -0.146. The summed E-state index contributed by atoms with van der Waals surface area (Å²) in [7, 11) is 1.35. The van der Waals surface area contributed by atoms with Crippen molar-refractivity contribution in [3.63, 3.8) is 0 Å². The van der Waals surface area contributed by atoms with E-state index in [1.807, 2.05) is 36.4 Å². The molecule has 0 aliphatic heterocycles. The van der Waals surface area contributed by atoms with Crippen molar-refractivity contribution >= 4 is 23.4 Å². The van der Waals surface area contributed by atoms with Crippen LogP contribution >= 0.6 is 11.6 Å². The van der Waals surface area contributed by atoms with Crippen LogP contribution in [0.1, 0.15) is 51.2 Å². The number of methoxy groups -OCH3 is 1. The van der Waals surface area contributed by atoms with Crippen LogP contribution in [-0.4, -0.2) is 23.7 Å². The fourth-order valence-corrected chi connectivity index (χ4v) is 4.61. The van der Waals surface area contributed by atoms with Gasteiger partial charge >= 0.3 is 5.97 Å². The Morgan fingerprint density at radius 1 is 1.18 bits per heavy atom. The molecule has 2 aliphatic carbocycles. The summed E-state index contributed by atoms with van der Waals surface area (Å²) in [4.78, 5) is 25.6. The topological polar surface area (TPSA) is 43.4 Å². The van der Waals surface area contributed by atoms with E-state index in [-0.39, 0.29) is 11.2 Å². The third kappa shape index (κ3) is 3.26. The van der Waals surface area contributed by atoms with Crippen LogP contribution in [0.4, 0.5) is 0 Å². The number of halogens is 1. The molecule has 2 atom stereocenters. The summed E-state index contributed by atoms with van der Waals surface area (Å²) in [6, 6.07) is 7.88. The van der Waals surface area contributed by atoms with E-state index in [0.717, 1.165) is 16.7 Å². The molecular formula is C24H27ClO3. The zero-order valence-electron chi connectivity index (χ0n) is 17.0. The van der Waals surface area contributed by atoms with Crippen molar-refractivity contribution < 1.29 is 14.3 Å². The van der Waals surface area contributed by atoms with Crippen molar-refractivity contribution in [2.24, 2.45) is 0 Å². The van der Waals surface area contributed by atoms with Crippen LogP contribution in [0.2, 0.25) is 0 Å². The number of hydrogen-bond donors (Lipinski definition) is 0. The third-order valence-corrected chi connectivity index (χ3v) is 6.23. The van der Waals surface area contributed by atoms with Gasteiger partial charge in [-0.2, -0.15) is 0 Å². The molecule has 0 unspecified atom stereocenters. The van der Waals surface area contributed by atoms with E-state index in [0.29, 0.717) is 24.8 Å². The number of ketones is 1. The van der Waals surface area contributed by atoms with Crippen molar-refractivity contribution in [1.29, 1.82) is 0 Å². The van der Waals surface area contributed by atoms with Crippen molar-refractivity contribution in [2.45, 2.75) is 55.7 Å². The summed E-state index contributed by atoms with van der Waals surface area (Å²) in [6.45, 7) is 10.5. The molecule has 1 fully saturated rings. The van der Waals surface area contributed by atoms with E-state index in [2.05, 4.69) is 27.4 Å². The second-order valence-electron chi connectivity index (χ2n) is 8.83. The molecule has 2 bridgehead atoms. The molecule has 1 aromatic carbocycles. The van der Waals surface area contributed by atoms with Gasteiger partial charge in [0.25, 0.3) is 0 Å². The number of carbonyl (C=O) groups excluding carboxylic acids is 2. The molecule has 0 aromatic heterocycles. The standard InChI is InChI=1S/C24H27ClO3/c1-16-14-23(25)13-7-6-8-19(20(23)26)24(15-16,21(27)28-5)18-11-9-17(10-12-18)22(2,3)4/h6-12H,1,13-15H2,2-5H3/t23-,24-/m0/s1. The average molecular weight is 399 g/mol. The van der Waals surface area contributed by atoms with Crippen molar-refractivity contribution in [1.82, 2.24) is 0 Å². The molecule has 0 amide bonds. The first-order valence-corrected chi connectivity index (χ1v) is 9.89. The summed E-state index contributed by atoms with van der Waals surface area (Å²) in [5, 5.41) is 0. The molecule has 28 heavy (non-hydrogen) atoms. The molecule has 0 spiro atoms. The highest BCUT2D eigenvalue weighted by atomic mass is 35.5. The van der Waals surface area contributed by atoms with E-state index in [1.54, 1.807) is 6.08 Å². The van der Waals surface area contributed by atoms with E-state index in [9.17, 15) is 9.59 Å². The SMILES string of the molecule is C=C1C[C@@]2(Cl)CC=CC=C(C2=O)[C@@](C(=O)OC)(c2ccc(C(C)(C)C)cc2)C1. The second-order valence-corrected chi connectivity index (χ2v) is 9.56. The first kappa shape index (κ1) is 20.6. The van der Waals surface area contributed by atoms with E-state index in [1.165, 1.54) is 7.11 Å². The van der Waals surface area contributed by atoms with Crippen LogP contribution in [0, 0.1) is 0 Å². The Kier molecular flexibility index (Phi) is 5.18. The molecule has 0 heterocycles. The van der Waals surface area contributed by atoms with Gasteiger partial charge in [-0.15, -0.1) is 11.6 Å². The van der Waals surface area contributed by atoms with Gasteiger partial charge in [0.1, 0.15) is 10.3 Å². The zero-order chi connectivity index (χ0) is 20.7. The number of alkyl halides is 1. The summed E-state index contributed by atoms with van der Waals surface area (Å²) in [5.41, 5.74) is 1.76.